The molecule has 1 aliphatic carbocycles. The fourth-order valence-electron chi connectivity index (χ4n) is 7.24. The van der Waals surface area contributed by atoms with Gasteiger partial charge in [-0.1, -0.05) is 51.5 Å². The van der Waals surface area contributed by atoms with Crippen molar-refractivity contribution in [2.45, 2.75) is 49.8 Å². The van der Waals surface area contributed by atoms with E-state index in [4.69, 9.17) is 11.3 Å². The molecule has 1 saturated carbocycles. The zero-order valence-corrected chi connectivity index (χ0v) is 24.2. The van der Waals surface area contributed by atoms with E-state index >= 15 is 0 Å². The number of fused-ring (bicyclic) bond motifs is 2. The molecule has 6 rings (SSSR count). The lowest BCUT2D eigenvalue weighted by atomic mass is 9.60. The minimum Gasteiger partial charge on any atom is -0.469 e. The molecule has 3 heterocycles. The molecule has 0 radical (unpaired) electrons. The summed E-state index contributed by atoms with van der Waals surface area (Å²) in [6.45, 7) is 8.92. The van der Waals surface area contributed by atoms with Crippen LogP contribution >= 0.6 is 15.9 Å². The maximum Gasteiger partial charge on any atom is 0.311 e. The van der Waals surface area contributed by atoms with Crippen molar-refractivity contribution in [2.75, 3.05) is 19.0 Å². The number of anilines is 1. The molecule has 1 aromatic heterocycles. The number of hydrogen-bond acceptors (Lipinski definition) is 7. The van der Waals surface area contributed by atoms with Gasteiger partial charge in [0, 0.05) is 22.3 Å². The molecule has 0 bridgehead atoms. The zero-order chi connectivity index (χ0) is 28.7. The lowest BCUT2D eigenvalue weighted by Crippen LogP contribution is -2.60. The first-order valence-corrected chi connectivity index (χ1v) is 14.6. The Labute approximate surface area is 246 Å². The molecule has 3 aliphatic rings. The molecule has 2 N–H and O–H groups in total. The second-order valence-electron chi connectivity index (χ2n) is 11.2. The predicted octanol–water partition coefficient (Wildman–Crippen LogP) is 4.07. The summed E-state index contributed by atoms with van der Waals surface area (Å²) in [5.41, 5.74) is 2.15. The van der Waals surface area contributed by atoms with E-state index in [1.165, 1.54) is 7.11 Å². The van der Waals surface area contributed by atoms with Crippen molar-refractivity contribution in [1.82, 2.24) is 20.0 Å². The Kier molecular flexibility index (Phi) is 7.30. The number of nitrogens with zero attached hydrogens (tertiary/aromatic N) is 5. The van der Waals surface area contributed by atoms with Crippen molar-refractivity contribution in [3.8, 4) is 11.3 Å². The smallest absolute Gasteiger partial charge is 0.311 e. The highest BCUT2D eigenvalue weighted by Crippen LogP contribution is 2.52. The normalized spacial score (nSPS) is 28.8. The molecule has 2 aliphatic heterocycles. The molecule has 212 valence electrons. The number of para-hydroxylation sites is 1. The first kappa shape index (κ1) is 27.4. The number of aromatic nitrogens is 3. The van der Waals surface area contributed by atoms with E-state index < -0.39 is 29.4 Å². The number of ether oxygens (including phenoxy) is 1. The zero-order valence-electron chi connectivity index (χ0n) is 22.6. The number of halogens is 1. The van der Waals surface area contributed by atoms with Gasteiger partial charge in [-0.15, -0.1) is 10.1 Å². The maximum atomic E-state index is 14.1. The SMILES string of the molecule is [C-]#[N+]N1C[C@@H]2CC[C@H](O)[C@H](C(=O)OC)[C@H]2C[C@H]1[C@@]1(CCn2cc(-c3ccc(Br)cc3)nn2)C(=O)Nc2ccccc21. The van der Waals surface area contributed by atoms with Crippen LogP contribution in [-0.4, -0.2) is 62.8 Å². The molecule has 6 atom stereocenters. The third-order valence-corrected chi connectivity index (χ3v) is 9.77. The number of rotatable bonds is 6. The molecule has 11 heteroatoms. The van der Waals surface area contributed by atoms with Crippen LogP contribution in [0.15, 0.2) is 59.2 Å². The van der Waals surface area contributed by atoms with Crippen LogP contribution in [0.2, 0.25) is 0 Å². The van der Waals surface area contributed by atoms with Gasteiger partial charge in [-0.05, 0) is 61.3 Å². The third kappa shape index (κ3) is 4.69. The van der Waals surface area contributed by atoms with Gasteiger partial charge in [-0.25, -0.2) is 0 Å². The van der Waals surface area contributed by atoms with Gasteiger partial charge >= 0.3 is 5.97 Å². The highest BCUT2D eigenvalue weighted by Gasteiger charge is 2.60. The van der Waals surface area contributed by atoms with Crippen LogP contribution in [-0.2, 0) is 26.3 Å². The molecular formula is C30H31BrN6O4. The average molecular weight is 620 g/mol. The number of nitrogens with one attached hydrogen (secondary N) is 1. The van der Waals surface area contributed by atoms with Crippen LogP contribution in [0, 0.1) is 24.3 Å². The highest BCUT2D eigenvalue weighted by atomic mass is 79.9. The quantitative estimate of drug-likeness (QED) is 0.316. The van der Waals surface area contributed by atoms with Gasteiger partial charge in [0.1, 0.15) is 17.2 Å². The van der Waals surface area contributed by atoms with Gasteiger partial charge in [0.2, 0.25) is 5.91 Å². The fourth-order valence-corrected chi connectivity index (χ4v) is 7.50. The van der Waals surface area contributed by atoms with Crippen LogP contribution in [0.4, 0.5) is 5.69 Å². The standard InChI is InChI=1S/C30H31BrN6O4/c1-32-37-16-19-9-12-25(38)27(28(39)41-2)21(19)15-26(37)30(22-5-3-4-6-23(22)33-29(30)40)13-14-36-17-24(34-35-36)18-7-10-20(31)11-8-18/h3-8,10-11,17,19,21,25-27,38H,9,12-16H2,2H3,(H,33,40)/t19-,21-,25-,26-,27+,30-/m0/s1. The van der Waals surface area contributed by atoms with Crippen LogP contribution in [0.5, 0.6) is 0 Å². The number of aliphatic hydroxyl groups is 1. The molecule has 2 fully saturated rings. The van der Waals surface area contributed by atoms with Crippen molar-refractivity contribution in [2.24, 2.45) is 17.8 Å². The first-order chi connectivity index (χ1) is 19.8. The second kappa shape index (κ2) is 10.9. The van der Waals surface area contributed by atoms with Crippen LogP contribution in [0.1, 0.15) is 31.2 Å². The predicted molar refractivity (Wildman–Crippen MR) is 154 cm³/mol. The monoisotopic (exact) mass is 618 g/mol. The molecule has 41 heavy (non-hydrogen) atoms. The Morgan fingerprint density at radius 2 is 2.02 bits per heavy atom. The topological polar surface area (TPSA) is 114 Å². The lowest BCUT2D eigenvalue weighted by molar-refractivity contribution is -0.160. The summed E-state index contributed by atoms with van der Waals surface area (Å²) >= 11 is 3.46. The van der Waals surface area contributed by atoms with E-state index in [0.717, 1.165) is 27.0 Å². The average Bonchev–Trinajstić information content (AvgIpc) is 3.57. The van der Waals surface area contributed by atoms with Crippen molar-refractivity contribution >= 4 is 33.5 Å². The van der Waals surface area contributed by atoms with E-state index in [0.29, 0.717) is 38.8 Å². The van der Waals surface area contributed by atoms with E-state index in [1.807, 2.05) is 54.7 Å². The number of esters is 1. The molecule has 1 amide bonds. The van der Waals surface area contributed by atoms with E-state index in [9.17, 15) is 14.7 Å². The Bertz CT molecular complexity index is 1500. The van der Waals surface area contributed by atoms with Gasteiger partial charge in [-0.2, -0.15) is 11.5 Å². The molecule has 1 saturated heterocycles. The van der Waals surface area contributed by atoms with Crippen LogP contribution in [0.25, 0.3) is 16.2 Å². The summed E-state index contributed by atoms with van der Waals surface area (Å²) in [5.74, 6) is -1.45. The van der Waals surface area contributed by atoms with Crippen molar-refractivity contribution in [1.29, 1.82) is 0 Å². The maximum absolute atomic E-state index is 14.1. The number of amides is 1. The largest absolute Gasteiger partial charge is 0.469 e. The fraction of sp³-hybridized carbons (Fsp3) is 0.433. The number of methoxy groups -OCH3 is 1. The number of piperidine rings is 1. The Morgan fingerprint density at radius 1 is 1.24 bits per heavy atom. The van der Waals surface area contributed by atoms with E-state index in [1.54, 1.807) is 9.69 Å². The molecule has 2 aromatic carbocycles. The molecule has 0 unspecified atom stereocenters. The summed E-state index contributed by atoms with van der Waals surface area (Å²) in [4.78, 5) is 30.8. The summed E-state index contributed by atoms with van der Waals surface area (Å²) in [6.07, 6.45) is 3.04. The summed E-state index contributed by atoms with van der Waals surface area (Å²) in [5, 5.41) is 24.3. The van der Waals surface area contributed by atoms with Gasteiger partial charge in [0.25, 0.3) is 0 Å². The minimum atomic E-state index is -1.07. The van der Waals surface area contributed by atoms with Crippen molar-refractivity contribution < 1.29 is 19.4 Å². The number of aryl methyl sites for hydroxylation is 1. The Balaban J connectivity index is 1.37. The Hall–Kier alpha value is -3.75. The molecule has 10 nitrogen and oxygen atoms in total. The summed E-state index contributed by atoms with van der Waals surface area (Å²) in [7, 11) is 1.34. The second-order valence-corrected chi connectivity index (χ2v) is 12.1. The first-order valence-electron chi connectivity index (χ1n) is 13.8. The number of carbonyl (C=O) groups is 2. The van der Waals surface area contributed by atoms with Gasteiger partial charge in [-0.3, -0.25) is 14.3 Å². The van der Waals surface area contributed by atoms with E-state index in [-0.39, 0.29) is 17.7 Å². The summed E-state index contributed by atoms with van der Waals surface area (Å²) < 4.78 is 7.81. The number of benzene rings is 2. The number of aliphatic hydroxyl groups excluding tert-OH is 1. The van der Waals surface area contributed by atoms with Crippen LogP contribution < -0.4 is 5.32 Å². The molecular weight excluding hydrogens is 588 g/mol. The van der Waals surface area contributed by atoms with Crippen molar-refractivity contribution in [3.63, 3.8) is 0 Å². The van der Waals surface area contributed by atoms with E-state index in [2.05, 4.69) is 36.5 Å². The van der Waals surface area contributed by atoms with Crippen molar-refractivity contribution in [3.05, 3.63) is 76.3 Å². The van der Waals surface area contributed by atoms with Crippen LogP contribution in [0.3, 0.4) is 0 Å². The third-order valence-electron chi connectivity index (χ3n) is 9.24. The highest BCUT2D eigenvalue weighted by molar-refractivity contribution is 9.10. The van der Waals surface area contributed by atoms with Gasteiger partial charge in [0.15, 0.2) is 0 Å². The molecule has 3 aromatic rings. The Morgan fingerprint density at radius 3 is 2.78 bits per heavy atom. The number of hydrogen-bond donors (Lipinski definition) is 2. The van der Waals surface area contributed by atoms with Gasteiger partial charge < -0.3 is 15.2 Å². The lowest BCUT2D eigenvalue weighted by Gasteiger charge is -2.49. The summed E-state index contributed by atoms with van der Waals surface area (Å²) in [6, 6.07) is 14.9. The molecule has 0 spiro atoms. The number of carbonyl (C=O) groups excluding carboxylic acids is 2. The van der Waals surface area contributed by atoms with Gasteiger partial charge in [0.05, 0.1) is 31.9 Å². The minimum absolute atomic E-state index is 0.0494.